The van der Waals surface area contributed by atoms with Gasteiger partial charge in [-0.15, -0.1) is 0 Å². The maximum atomic E-state index is 5.34. The van der Waals surface area contributed by atoms with Crippen LogP contribution < -0.4 is 5.32 Å². The minimum Gasteiger partial charge on any atom is -0.464 e. The molecule has 0 spiro atoms. The van der Waals surface area contributed by atoms with Crippen LogP contribution in [0.2, 0.25) is 0 Å². The summed E-state index contributed by atoms with van der Waals surface area (Å²) in [7, 11) is 0. The van der Waals surface area contributed by atoms with Gasteiger partial charge in [-0.25, -0.2) is 0 Å². The summed E-state index contributed by atoms with van der Waals surface area (Å²) < 4.78 is 5.34. The average molecular weight is 304 g/mol. The van der Waals surface area contributed by atoms with Crippen LogP contribution in [-0.4, -0.2) is 19.8 Å². The fourth-order valence-electron chi connectivity index (χ4n) is 1.76. The maximum absolute atomic E-state index is 5.34. The van der Waals surface area contributed by atoms with E-state index in [1.807, 2.05) is 31.2 Å². The Morgan fingerprint density at radius 1 is 1.18 bits per heavy atom. The Kier molecular flexibility index (Phi) is 14.6. The monoisotopic (exact) mass is 304 g/mol. The molecule has 124 valence electrons. The summed E-state index contributed by atoms with van der Waals surface area (Å²) in [6, 6.07) is 3.91. The van der Waals surface area contributed by atoms with Crippen molar-refractivity contribution < 1.29 is 4.42 Å². The van der Waals surface area contributed by atoms with Crippen molar-refractivity contribution in [3.8, 4) is 0 Å². The van der Waals surface area contributed by atoms with Crippen molar-refractivity contribution in [1.82, 2.24) is 5.32 Å². The number of nitrogens with one attached hydrogen (secondary N) is 1. The van der Waals surface area contributed by atoms with E-state index in [1.165, 1.54) is 25.9 Å². The Bertz CT molecular complexity index is 407. The predicted octanol–water partition coefficient (Wildman–Crippen LogP) is 4.94. The predicted molar refractivity (Wildman–Crippen MR) is 97.7 cm³/mol. The van der Waals surface area contributed by atoms with Crippen LogP contribution in [0, 0.1) is 0 Å². The zero-order chi connectivity index (χ0) is 16.5. The summed E-state index contributed by atoms with van der Waals surface area (Å²) in [5, 5.41) is 3.22. The molecule has 1 aromatic heterocycles. The van der Waals surface area contributed by atoms with Gasteiger partial charge in [0, 0.05) is 6.42 Å². The highest BCUT2D eigenvalue weighted by Gasteiger charge is 1.96. The molecular weight excluding hydrogens is 272 g/mol. The Hall–Kier alpha value is -1.61. The molecule has 1 aliphatic heterocycles. The summed E-state index contributed by atoms with van der Waals surface area (Å²) in [6.07, 6.45) is 13.1. The smallest absolute Gasteiger partial charge is 0.125 e. The van der Waals surface area contributed by atoms with Crippen LogP contribution in [0.1, 0.15) is 51.6 Å². The summed E-state index contributed by atoms with van der Waals surface area (Å²) in [4.78, 5) is 3.71. The number of rotatable bonds is 5. The molecule has 3 nitrogen and oxygen atoms in total. The lowest BCUT2D eigenvalue weighted by atomic mass is 10.4. The van der Waals surface area contributed by atoms with Gasteiger partial charge in [0.1, 0.15) is 11.5 Å². The van der Waals surface area contributed by atoms with Crippen molar-refractivity contribution >= 4 is 6.72 Å². The normalized spacial score (nSPS) is 13.6. The Morgan fingerprint density at radius 3 is 2.27 bits per heavy atom. The van der Waals surface area contributed by atoms with Crippen molar-refractivity contribution in [3.63, 3.8) is 0 Å². The molecular formula is C19H32N2O. The van der Waals surface area contributed by atoms with Crippen molar-refractivity contribution in [1.29, 1.82) is 0 Å². The quantitative estimate of drug-likeness (QED) is 0.618. The zero-order valence-electron chi connectivity index (χ0n) is 14.5. The van der Waals surface area contributed by atoms with Crippen LogP contribution >= 0.6 is 0 Å². The standard InChI is InChI=1S/C8H11NO.C7H12.C4H9N/c1-3-7-4-5-8(10-7)6-9-2;1-3-5-7-6-4-2;1-2-4-5-3-1/h4-5H,2-3,6H2,1H3;3,5-7H,4H2,1-2H3;5H,1-4H2/b;5-3-,7-6-;. The molecule has 0 unspecified atom stereocenters. The fraction of sp³-hybridized carbons (Fsp3) is 0.526. The highest BCUT2D eigenvalue weighted by molar-refractivity contribution is 5.23. The second-order valence-electron chi connectivity index (χ2n) is 4.92. The molecule has 1 aromatic rings. The fourth-order valence-corrected chi connectivity index (χ4v) is 1.76. The lowest BCUT2D eigenvalue weighted by Crippen LogP contribution is -2.03. The van der Waals surface area contributed by atoms with Crippen molar-refractivity contribution in [3.05, 3.63) is 48.0 Å². The Balaban J connectivity index is 0.000000321. The topological polar surface area (TPSA) is 37.5 Å². The molecule has 2 heterocycles. The van der Waals surface area contributed by atoms with Crippen LogP contribution in [0.4, 0.5) is 0 Å². The van der Waals surface area contributed by atoms with E-state index in [1.54, 1.807) is 0 Å². The molecule has 1 N–H and O–H groups in total. The van der Waals surface area contributed by atoms with Crippen LogP contribution in [0.5, 0.6) is 0 Å². The Morgan fingerprint density at radius 2 is 1.86 bits per heavy atom. The molecule has 0 atom stereocenters. The third-order valence-electron chi connectivity index (χ3n) is 2.97. The average Bonchev–Trinajstić information content (AvgIpc) is 3.23. The van der Waals surface area contributed by atoms with Gasteiger partial charge in [0.2, 0.25) is 0 Å². The maximum Gasteiger partial charge on any atom is 0.125 e. The highest BCUT2D eigenvalue weighted by Crippen LogP contribution is 2.08. The molecule has 1 aliphatic rings. The molecule has 0 aromatic carbocycles. The molecule has 1 fully saturated rings. The summed E-state index contributed by atoms with van der Waals surface area (Å²) in [5.41, 5.74) is 0. The first-order valence-electron chi connectivity index (χ1n) is 8.27. The van der Waals surface area contributed by atoms with E-state index in [9.17, 15) is 0 Å². The molecule has 0 saturated carbocycles. The molecule has 0 amide bonds. The SMILES string of the molecule is C/C=C\C=C/CC.C1CCNC1.C=NCc1ccc(CC)o1. The lowest BCUT2D eigenvalue weighted by Gasteiger charge is -1.87. The van der Waals surface area contributed by atoms with Crippen LogP contribution in [-0.2, 0) is 13.0 Å². The van der Waals surface area contributed by atoms with Gasteiger partial charge < -0.3 is 9.73 Å². The van der Waals surface area contributed by atoms with Crippen molar-refractivity contribution in [2.24, 2.45) is 4.99 Å². The molecule has 0 aliphatic carbocycles. The first-order chi connectivity index (χ1) is 10.8. The number of aryl methyl sites for hydroxylation is 1. The Labute approximate surface area is 136 Å². The highest BCUT2D eigenvalue weighted by atomic mass is 16.3. The van der Waals surface area contributed by atoms with Crippen molar-refractivity contribution in [2.45, 2.75) is 53.0 Å². The van der Waals surface area contributed by atoms with E-state index in [0.717, 1.165) is 24.4 Å². The number of hydrogen-bond acceptors (Lipinski definition) is 3. The van der Waals surface area contributed by atoms with Gasteiger partial charge in [-0.1, -0.05) is 38.2 Å². The third kappa shape index (κ3) is 12.2. The van der Waals surface area contributed by atoms with E-state index in [2.05, 4.69) is 43.0 Å². The number of hydrogen-bond donors (Lipinski definition) is 1. The van der Waals surface area contributed by atoms with E-state index < -0.39 is 0 Å². The third-order valence-corrected chi connectivity index (χ3v) is 2.97. The summed E-state index contributed by atoms with van der Waals surface area (Å²) >= 11 is 0. The van der Waals surface area contributed by atoms with Crippen LogP contribution in [0.15, 0.2) is 45.8 Å². The first-order valence-corrected chi connectivity index (χ1v) is 8.27. The molecule has 1 saturated heterocycles. The minimum absolute atomic E-state index is 0.583. The molecule has 0 radical (unpaired) electrons. The number of allylic oxidation sites excluding steroid dienone is 4. The van der Waals surface area contributed by atoms with E-state index >= 15 is 0 Å². The minimum atomic E-state index is 0.583. The van der Waals surface area contributed by atoms with E-state index in [0.29, 0.717) is 6.54 Å². The zero-order valence-corrected chi connectivity index (χ0v) is 14.5. The van der Waals surface area contributed by atoms with Crippen molar-refractivity contribution in [2.75, 3.05) is 13.1 Å². The lowest BCUT2D eigenvalue weighted by molar-refractivity contribution is 0.472. The second-order valence-corrected chi connectivity index (χ2v) is 4.92. The van der Waals surface area contributed by atoms with Gasteiger partial charge in [0.25, 0.3) is 0 Å². The van der Waals surface area contributed by atoms with E-state index in [4.69, 9.17) is 4.42 Å². The van der Waals surface area contributed by atoms with Gasteiger partial charge in [0.15, 0.2) is 0 Å². The molecule has 3 heteroatoms. The van der Waals surface area contributed by atoms with Gasteiger partial charge in [0.05, 0.1) is 6.54 Å². The van der Waals surface area contributed by atoms with Crippen LogP contribution in [0.25, 0.3) is 0 Å². The van der Waals surface area contributed by atoms with Gasteiger partial charge in [-0.3, -0.25) is 4.99 Å². The molecule has 0 bridgehead atoms. The second kappa shape index (κ2) is 15.8. The van der Waals surface area contributed by atoms with Gasteiger partial charge in [-0.2, -0.15) is 0 Å². The largest absolute Gasteiger partial charge is 0.464 e. The van der Waals surface area contributed by atoms with E-state index in [-0.39, 0.29) is 0 Å². The summed E-state index contributed by atoms with van der Waals surface area (Å²) in [6.45, 7) is 12.7. The molecule has 2 rings (SSSR count). The number of furan rings is 1. The number of aliphatic imine (C=N–C) groups is 1. The first kappa shape index (κ1) is 20.4. The summed E-state index contributed by atoms with van der Waals surface area (Å²) in [5.74, 6) is 1.91. The van der Waals surface area contributed by atoms with Crippen LogP contribution in [0.3, 0.4) is 0 Å². The number of nitrogens with zero attached hydrogens (tertiary/aromatic N) is 1. The molecule has 22 heavy (non-hydrogen) atoms. The van der Waals surface area contributed by atoms with Gasteiger partial charge in [-0.05, 0) is 58.1 Å². The van der Waals surface area contributed by atoms with Gasteiger partial charge >= 0.3 is 0 Å².